The van der Waals surface area contributed by atoms with Crippen LogP contribution >= 0.6 is 0 Å². The number of rotatable bonds is 7. The number of hydrogen-bond acceptors (Lipinski definition) is 8. The van der Waals surface area contributed by atoms with Crippen molar-refractivity contribution in [1.29, 1.82) is 0 Å². The predicted octanol–water partition coefficient (Wildman–Crippen LogP) is 1.49. The van der Waals surface area contributed by atoms with E-state index in [4.69, 9.17) is 9.47 Å². The van der Waals surface area contributed by atoms with Crippen molar-refractivity contribution in [1.82, 2.24) is 15.0 Å². The lowest BCUT2D eigenvalue weighted by Gasteiger charge is -2.25. The van der Waals surface area contributed by atoms with Crippen molar-refractivity contribution in [2.24, 2.45) is 0 Å². The molecule has 3 N–H and O–H groups in total. The van der Waals surface area contributed by atoms with Crippen LogP contribution in [0.2, 0.25) is 0 Å². The molecule has 2 rings (SSSR count). The number of nitrogens with one attached hydrogen (secondary N) is 3. The second-order valence-corrected chi connectivity index (χ2v) is 11.6. The summed E-state index contributed by atoms with van der Waals surface area (Å²) >= 11 is 0. The lowest BCUT2D eigenvalue weighted by Crippen LogP contribution is -2.49. The summed E-state index contributed by atoms with van der Waals surface area (Å²) in [4.78, 5) is 40.6. The van der Waals surface area contributed by atoms with E-state index in [-0.39, 0.29) is 25.2 Å². The molecule has 11 nitrogen and oxygen atoms in total. The van der Waals surface area contributed by atoms with E-state index in [9.17, 15) is 22.8 Å². The number of nitrogens with zero attached hydrogens (tertiary/aromatic N) is 1. The van der Waals surface area contributed by atoms with Gasteiger partial charge in [-0.05, 0) is 59.6 Å². The van der Waals surface area contributed by atoms with Crippen molar-refractivity contribution in [3.63, 3.8) is 0 Å². The summed E-state index contributed by atoms with van der Waals surface area (Å²) in [7, 11) is -4.13. The molecule has 2 heterocycles. The minimum Gasteiger partial charge on any atom is -0.459 e. The van der Waals surface area contributed by atoms with Crippen LogP contribution in [0.5, 0.6) is 0 Å². The van der Waals surface area contributed by atoms with Crippen LogP contribution in [0.4, 0.5) is 10.6 Å². The number of carbonyl (C=O) groups excluding carboxylic acids is 3. The van der Waals surface area contributed by atoms with E-state index in [1.165, 1.54) is 12.3 Å². The number of esters is 1. The third-order valence-corrected chi connectivity index (χ3v) is 6.08. The number of anilines is 1. The van der Waals surface area contributed by atoms with E-state index in [1.807, 2.05) is 0 Å². The van der Waals surface area contributed by atoms with Crippen molar-refractivity contribution in [3.8, 4) is 0 Å². The highest BCUT2D eigenvalue weighted by Crippen LogP contribution is 2.17. The Labute approximate surface area is 194 Å². The minimum atomic E-state index is -4.13. The van der Waals surface area contributed by atoms with Gasteiger partial charge >= 0.3 is 12.1 Å². The number of hydrogen-bond donors (Lipinski definition) is 3. The molecule has 0 saturated carbocycles. The normalized spacial score (nSPS) is 17.8. The average molecular weight is 485 g/mol. The maximum atomic E-state index is 12.7. The van der Waals surface area contributed by atoms with Crippen LogP contribution in [-0.4, -0.2) is 60.4 Å². The first-order chi connectivity index (χ1) is 15.1. The van der Waals surface area contributed by atoms with Gasteiger partial charge in [-0.3, -0.25) is 14.9 Å². The Hall–Kier alpha value is -2.73. The summed E-state index contributed by atoms with van der Waals surface area (Å²) in [6.45, 7) is 10.4. The molecular weight excluding hydrogens is 452 g/mol. The van der Waals surface area contributed by atoms with E-state index in [2.05, 4.69) is 20.3 Å². The molecular formula is C21H32N4O7S. The zero-order valence-corrected chi connectivity index (χ0v) is 20.5. The number of sulfonamides is 1. The second-order valence-electron chi connectivity index (χ2n) is 9.70. The number of aromatic nitrogens is 1. The van der Waals surface area contributed by atoms with Gasteiger partial charge in [-0.15, -0.1) is 0 Å². The molecule has 2 atom stereocenters. The van der Waals surface area contributed by atoms with Crippen LogP contribution in [0.15, 0.2) is 18.3 Å². The summed E-state index contributed by atoms with van der Waals surface area (Å²) in [6, 6.07) is 1.83. The summed E-state index contributed by atoms with van der Waals surface area (Å²) in [5.41, 5.74) is -0.998. The molecule has 12 heteroatoms. The third-order valence-electron chi connectivity index (χ3n) is 4.26. The van der Waals surface area contributed by atoms with Gasteiger partial charge in [0, 0.05) is 19.2 Å². The van der Waals surface area contributed by atoms with Crippen molar-refractivity contribution in [3.05, 3.63) is 23.9 Å². The lowest BCUT2D eigenvalue weighted by molar-refractivity contribution is -0.156. The Morgan fingerprint density at radius 3 is 2.27 bits per heavy atom. The molecule has 0 aliphatic carbocycles. The smallest absolute Gasteiger partial charge is 0.413 e. The zero-order chi connectivity index (χ0) is 25.0. The van der Waals surface area contributed by atoms with Crippen LogP contribution in [0, 0.1) is 0 Å². The summed E-state index contributed by atoms with van der Waals surface area (Å²) in [5.74, 6) is -1.16. The fourth-order valence-electron chi connectivity index (χ4n) is 2.96. The minimum absolute atomic E-state index is 0.0673. The van der Waals surface area contributed by atoms with E-state index in [0.717, 1.165) is 0 Å². The molecule has 1 aromatic rings. The number of amides is 2. The summed E-state index contributed by atoms with van der Waals surface area (Å²) in [5, 5.41) is 3.69. The molecule has 2 amide bonds. The summed E-state index contributed by atoms with van der Waals surface area (Å²) < 4.78 is 38.4. The van der Waals surface area contributed by atoms with Gasteiger partial charge < -0.3 is 14.8 Å². The Balaban J connectivity index is 2.16. The maximum Gasteiger partial charge on any atom is 0.413 e. The second kappa shape index (κ2) is 10.0. The van der Waals surface area contributed by atoms with Gasteiger partial charge in [0.2, 0.25) is 15.9 Å². The van der Waals surface area contributed by atoms with Crippen LogP contribution < -0.4 is 15.4 Å². The van der Waals surface area contributed by atoms with Gasteiger partial charge in [0.05, 0.1) is 0 Å². The van der Waals surface area contributed by atoms with Gasteiger partial charge in [-0.1, -0.05) is 6.07 Å². The molecule has 1 aromatic heterocycles. The first-order valence-electron chi connectivity index (χ1n) is 10.5. The number of ether oxygens (including phenoxy) is 2. The molecule has 33 heavy (non-hydrogen) atoms. The molecule has 1 fully saturated rings. The highest BCUT2D eigenvalue weighted by atomic mass is 32.2. The SMILES string of the molecule is CC(C)(C)OC(=O)Nc1ccc(CC(NS(=O)(=O)C2CCNC2=O)C(=O)OC(C)(C)C)cn1. The Morgan fingerprint density at radius 1 is 1.15 bits per heavy atom. The molecule has 1 aliphatic rings. The Kier molecular flexibility index (Phi) is 8.07. The van der Waals surface area contributed by atoms with Crippen LogP contribution in [0.3, 0.4) is 0 Å². The van der Waals surface area contributed by atoms with Crippen molar-refractivity contribution < 1.29 is 32.3 Å². The average Bonchev–Trinajstić information content (AvgIpc) is 3.06. The van der Waals surface area contributed by atoms with E-state index < -0.39 is 50.5 Å². The van der Waals surface area contributed by atoms with Crippen LogP contribution in [-0.2, 0) is 35.5 Å². The quantitative estimate of drug-likeness (QED) is 0.492. The van der Waals surface area contributed by atoms with E-state index >= 15 is 0 Å². The first kappa shape index (κ1) is 26.5. The summed E-state index contributed by atoms with van der Waals surface area (Å²) in [6.07, 6.45) is 0.780. The first-order valence-corrected chi connectivity index (χ1v) is 12.1. The molecule has 184 valence electrons. The zero-order valence-electron chi connectivity index (χ0n) is 19.7. The van der Waals surface area contributed by atoms with Gasteiger partial charge in [0.25, 0.3) is 0 Å². The number of carbonyl (C=O) groups is 3. The molecule has 1 aliphatic heterocycles. The molecule has 1 saturated heterocycles. The molecule has 2 unspecified atom stereocenters. The molecule has 0 aromatic carbocycles. The van der Waals surface area contributed by atoms with Gasteiger partial charge in [-0.2, -0.15) is 4.72 Å². The third kappa shape index (κ3) is 8.61. The Morgan fingerprint density at radius 2 is 1.79 bits per heavy atom. The maximum absolute atomic E-state index is 12.7. The van der Waals surface area contributed by atoms with Gasteiger partial charge in [-0.25, -0.2) is 18.2 Å². The lowest BCUT2D eigenvalue weighted by atomic mass is 10.1. The largest absolute Gasteiger partial charge is 0.459 e. The Bertz CT molecular complexity index is 979. The van der Waals surface area contributed by atoms with Crippen molar-refractivity contribution in [2.75, 3.05) is 11.9 Å². The van der Waals surface area contributed by atoms with Crippen molar-refractivity contribution in [2.45, 2.75) is 76.9 Å². The molecule has 0 radical (unpaired) electrons. The van der Waals surface area contributed by atoms with Gasteiger partial charge in [0.15, 0.2) is 5.25 Å². The topological polar surface area (TPSA) is 153 Å². The predicted molar refractivity (Wildman–Crippen MR) is 121 cm³/mol. The van der Waals surface area contributed by atoms with E-state index in [0.29, 0.717) is 5.56 Å². The molecule has 0 bridgehead atoms. The fourth-order valence-corrected chi connectivity index (χ4v) is 4.49. The monoisotopic (exact) mass is 484 g/mol. The van der Waals surface area contributed by atoms with Crippen LogP contribution in [0.25, 0.3) is 0 Å². The number of pyridine rings is 1. The fraction of sp³-hybridized carbons (Fsp3) is 0.619. The highest BCUT2D eigenvalue weighted by molar-refractivity contribution is 7.91. The molecule has 0 spiro atoms. The van der Waals surface area contributed by atoms with Crippen molar-refractivity contribution >= 4 is 33.8 Å². The van der Waals surface area contributed by atoms with E-state index in [1.54, 1.807) is 47.6 Å². The highest BCUT2D eigenvalue weighted by Gasteiger charge is 2.39. The van der Waals surface area contributed by atoms with Crippen LogP contribution in [0.1, 0.15) is 53.5 Å². The van der Waals surface area contributed by atoms with Gasteiger partial charge in [0.1, 0.15) is 23.1 Å². The standard InChI is InChI=1S/C21H32N4O7S/c1-20(2,3)31-18(27)14(25-33(29,30)15-9-10-22-17(15)26)11-13-7-8-16(23-12-13)24-19(28)32-21(4,5)6/h7-8,12,14-15,25H,9-11H2,1-6H3,(H,22,26)(H,23,24,28).